The molecule has 7 nitrogen and oxygen atoms in total. The van der Waals surface area contributed by atoms with E-state index in [9.17, 15) is 4.79 Å². The summed E-state index contributed by atoms with van der Waals surface area (Å²) >= 11 is 0. The number of carbonyl (C=O) groups is 1. The molecule has 1 aromatic carbocycles. The molecule has 1 aliphatic heterocycles. The Hall–Kier alpha value is -2.67. The monoisotopic (exact) mass is 340 g/mol. The summed E-state index contributed by atoms with van der Waals surface area (Å²) < 4.78 is 11.1. The van der Waals surface area contributed by atoms with Gasteiger partial charge in [-0.25, -0.2) is 0 Å². The summed E-state index contributed by atoms with van der Waals surface area (Å²) in [5, 5.41) is 8.92. The molecule has 1 amide bonds. The average Bonchev–Trinajstić information content (AvgIpc) is 3.24. The van der Waals surface area contributed by atoms with Crippen molar-refractivity contribution < 1.29 is 13.9 Å². The summed E-state index contributed by atoms with van der Waals surface area (Å²) in [5.41, 5.74) is 3.97. The normalized spacial score (nSPS) is 18.0. The highest BCUT2D eigenvalue weighted by Gasteiger charge is 2.30. The summed E-state index contributed by atoms with van der Waals surface area (Å²) in [5.74, 6) is 0.861. The van der Waals surface area contributed by atoms with Crippen molar-refractivity contribution >= 4 is 16.8 Å². The molecule has 1 atom stereocenters. The van der Waals surface area contributed by atoms with Gasteiger partial charge in [0.2, 0.25) is 11.8 Å². The first-order valence-electron chi connectivity index (χ1n) is 8.32. The Balaban J connectivity index is 1.59. The lowest BCUT2D eigenvalue weighted by Gasteiger charge is -2.30. The molecule has 130 valence electrons. The Morgan fingerprint density at radius 1 is 1.28 bits per heavy atom. The standard InChI is InChI=1S/C18H20N4O3/c1-10-4-5-14-13(11(10)2)8-15(19-14)18(23)22-6-7-24-16(9-22)17-21-20-12(3)25-17/h4-5,8,16,19H,6-7,9H2,1-3H3/t16-/m1/s1. The van der Waals surface area contributed by atoms with Crippen LogP contribution in [0.3, 0.4) is 0 Å². The van der Waals surface area contributed by atoms with Crippen molar-refractivity contribution in [2.24, 2.45) is 0 Å². The van der Waals surface area contributed by atoms with Gasteiger partial charge >= 0.3 is 0 Å². The Kier molecular flexibility index (Phi) is 3.80. The van der Waals surface area contributed by atoms with Gasteiger partial charge in [-0.1, -0.05) is 6.07 Å². The van der Waals surface area contributed by atoms with Crippen molar-refractivity contribution in [3.05, 3.63) is 46.8 Å². The van der Waals surface area contributed by atoms with Crippen LogP contribution in [0.1, 0.15) is 39.5 Å². The maximum atomic E-state index is 12.9. The molecule has 0 bridgehead atoms. The second kappa shape index (κ2) is 6.00. The van der Waals surface area contributed by atoms with Crippen molar-refractivity contribution in [1.82, 2.24) is 20.1 Å². The number of morpholine rings is 1. The number of carbonyl (C=O) groups excluding carboxylic acids is 1. The zero-order valence-electron chi connectivity index (χ0n) is 14.5. The highest BCUT2D eigenvalue weighted by molar-refractivity contribution is 5.99. The van der Waals surface area contributed by atoms with Gasteiger partial charge in [-0.15, -0.1) is 10.2 Å². The lowest BCUT2D eigenvalue weighted by molar-refractivity contribution is -0.0350. The van der Waals surface area contributed by atoms with Crippen molar-refractivity contribution in [2.45, 2.75) is 26.9 Å². The van der Waals surface area contributed by atoms with Crippen molar-refractivity contribution in [1.29, 1.82) is 0 Å². The Morgan fingerprint density at radius 2 is 2.12 bits per heavy atom. The van der Waals surface area contributed by atoms with Gasteiger partial charge in [0.1, 0.15) is 5.69 Å². The number of aromatic nitrogens is 3. The van der Waals surface area contributed by atoms with Gasteiger partial charge in [0.05, 0.1) is 13.2 Å². The molecule has 1 N–H and O–H groups in total. The molecule has 3 heterocycles. The fourth-order valence-electron chi connectivity index (χ4n) is 3.17. The Labute approximate surface area is 145 Å². The van der Waals surface area contributed by atoms with Crippen LogP contribution in [0.25, 0.3) is 10.9 Å². The number of amides is 1. The third-order valence-corrected chi connectivity index (χ3v) is 4.74. The molecule has 1 aliphatic rings. The molecule has 0 aliphatic carbocycles. The largest absolute Gasteiger partial charge is 0.423 e. The minimum Gasteiger partial charge on any atom is -0.423 e. The fourth-order valence-corrected chi connectivity index (χ4v) is 3.17. The number of aromatic amines is 1. The molecule has 0 unspecified atom stereocenters. The quantitative estimate of drug-likeness (QED) is 0.775. The first-order valence-corrected chi connectivity index (χ1v) is 8.32. The zero-order chi connectivity index (χ0) is 17.6. The molecule has 1 fully saturated rings. The van der Waals surface area contributed by atoms with E-state index in [-0.39, 0.29) is 12.0 Å². The topological polar surface area (TPSA) is 84.2 Å². The number of benzene rings is 1. The molecular weight excluding hydrogens is 320 g/mol. The van der Waals surface area contributed by atoms with Gasteiger partial charge in [-0.2, -0.15) is 0 Å². The van der Waals surface area contributed by atoms with Gasteiger partial charge < -0.3 is 19.0 Å². The van der Waals surface area contributed by atoms with Gasteiger partial charge in [0.25, 0.3) is 5.91 Å². The smallest absolute Gasteiger partial charge is 0.270 e. The lowest BCUT2D eigenvalue weighted by Crippen LogP contribution is -2.42. The van der Waals surface area contributed by atoms with Crippen LogP contribution >= 0.6 is 0 Å². The van der Waals surface area contributed by atoms with E-state index < -0.39 is 0 Å². The molecule has 4 rings (SSSR count). The number of nitrogens with one attached hydrogen (secondary N) is 1. The number of rotatable bonds is 2. The van der Waals surface area contributed by atoms with E-state index in [0.29, 0.717) is 37.2 Å². The van der Waals surface area contributed by atoms with Crippen LogP contribution in [-0.4, -0.2) is 45.7 Å². The van der Waals surface area contributed by atoms with Gasteiger partial charge in [-0.05, 0) is 37.1 Å². The molecule has 0 saturated carbocycles. The SMILES string of the molecule is Cc1nnc([C@H]2CN(C(=O)c3cc4c(C)c(C)ccc4[nH]3)CCO2)o1. The van der Waals surface area contributed by atoms with E-state index >= 15 is 0 Å². The molecule has 1 saturated heterocycles. The molecule has 7 heteroatoms. The van der Waals surface area contributed by atoms with E-state index in [1.807, 2.05) is 12.1 Å². The summed E-state index contributed by atoms with van der Waals surface area (Å²) in [6.07, 6.45) is -0.382. The van der Waals surface area contributed by atoms with Crippen molar-refractivity contribution in [2.75, 3.05) is 19.7 Å². The van der Waals surface area contributed by atoms with E-state index in [2.05, 4.69) is 35.1 Å². The summed E-state index contributed by atoms with van der Waals surface area (Å²) in [4.78, 5) is 17.9. The minimum atomic E-state index is -0.382. The van der Waals surface area contributed by atoms with Crippen LogP contribution in [-0.2, 0) is 4.74 Å². The second-order valence-corrected chi connectivity index (χ2v) is 6.42. The number of nitrogens with zero attached hydrogens (tertiary/aromatic N) is 3. The molecule has 0 radical (unpaired) electrons. The molecular formula is C18H20N4O3. The molecule has 3 aromatic rings. The van der Waals surface area contributed by atoms with Crippen LogP contribution in [0.5, 0.6) is 0 Å². The number of H-pyrrole nitrogens is 1. The third kappa shape index (κ3) is 2.80. The second-order valence-electron chi connectivity index (χ2n) is 6.42. The molecule has 0 spiro atoms. The van der Waals surface area contributed by atoms with Gasteiger partial charge in [-0.3, -0.25) is 4.79 Å². The van der Waals surface area contributed by atoms with E-state index in [1.165, 1.54) is 11.1 Å². The Morgan fingerprint density at radius 3 is 2.88 bits per heavy atom. The van der Waals surface area contributed by atoms with Crippen LogP contribution < -0.4 is 0 Å². The predicted molar refractivity (Wildman–Crippen MR) is 91.4 cm³/mol. The lowest BCUT2D eigenvalue weighted by atomic mass is 10.1. The third-order valence-electron chi connectivity index (χ3n) is 4.74. The van der Waals surface area contributed by atoms with Crippen LogP contribution in [0.15, 0.2) is 22.6 Å². The average molecular weight is 340 g/mol. The fraction of sp³-hybridized carbons (Fsp3) is 0.389. The Bertz CT molecular complexity index is 943. The summed E-state index contributed by atoms with van der Waals surface area (Å²) in [6.45, 7) is 7.25. The maximum Gasteiger partial charge on any atom is 0.270 e. The molecule has 25 heavy (non-hydrogen) atoms. The van der Waals surface area contributed by atoms with Crippen LogP contribution in [0.2, 0.25) is 0 Å². The van der Waals surface area contributed by atoms with Crippen LogP contribution in [0.4, 0.5) is 0 Å². The van der Waals surface area contributed by atoms with E-state index in [1.54, 1.807) is 11.8 Å². The number of aryl methyl sites for hydroxylation is 3. The highest BCUT2D eigenvalue weighted by atomic mass is 16.5. The van der Waals surface area contributed by atoms with Gasteiger partial charge in [0.15, 0.2) is 6.10 Å². The zero-order valence-corrected chi connectivity index (χ0v) is 14.5. The first kappa shape index (κ1) is 15.8. The van der Waals surface area contributed by atoms with E-state index in [4.69, 9.17) is 9.15 Å². The van der Waals surface area contributed by atoms with Crippen molar-refractivity contribution in [3.63, 3.8) is 0 Å². The minimum absolute atomic E-state index is 0.0437. The first-order chi connectivity index (χ1) is 12.0. The van der Waals surface area contributed by atoms with E-state index in [0.717, 1.165) is 10.9 Å². The number of hydrogen-bond acceptors (Lipinski definition) is 5. The highest BCUT2D eigenvalue weighted by Crippen LogP contribution is 2.25. The number of fused-ring (bicyclic) bond motifs is 1. The van der Waals surface area contributed by atoms with Gasteiger partial charge in [0, 0.05) is 24.4 Å². The predicted octanol–water partition coefficient (Wildman–Crippen LogP) is 2.69. The summed E-state index contributed by atoms with van der Waals surface area (Å²) in [7, 11) is 0. The summed E-state index contributed by atoms with van der Waals surface area (Å²) in [6, 6.07) is 6.00. The maximum absolute atomic E-state index is 12.9. The van der Waals surface area contributed by atoms with Crippen LogP contribution in [0, 0.1) is 20.8 Å². The number of hydrogen-bond donors (Lipinski definition) is 1. The molecule has 2 aromatic heterocycles. The number of ether oxygens (including phenoxy) is 1. The van der Waals surface area contributed by atoms with Crippen molar-refractivity contribution in [3.8, 4) is 0 Å².